The summed E-state index contributed by atoms with van der Waals surface area (Å²) in [6.07, 6.45) is 6.22. The van der Waals surface area contributed by atoms with Gasteiger partial charge >= 0.3 is 6.18 Å². The number of hydrogen-bond donors (Lipinski definition) is 0. The third-order valence-corrected chi connectivity index (χ3v) is 7.48. The molecule has 5 aromatic rings. The summed E-state index contributed by atoms with van der Waals surface area (Å²) in [6, 6.07) is 7.49. The minimum atomic E-state index is -4.65. The molecule has 0 atom stereocenters. The van der Waals surface area contributed by atoms with Crippen molar-refractivity contribution in [1.82, 2.24) is 24.3 Å². The van der Waals surface area contributed by atoms with E-state index in [9.17, 15) is 18.0 Å². The number of pyridine rings is 1. The lowest BCUT2D eigenvalue weighted by atomic mass is 9.87. The fourth-order valence-electron chi connectivity index (χ4n) is 5.58. The smallest absolute Gasteiger partial charge is 0.435 e. The van der Waals surface area contributed by atoms with Crippen LogP contribution in [0.15, 0.2) is 61.6 Å². The molecule has 0 N–H and O–H groups in total. The van der Waals surface area contributed by atoms with Gasteiger partial charge in [-0.3, -0.25) is 14.5 Å². The summed E-state index contributed by atoms with van der Waals surface area (Å²) in [4.78, 5) is 24.3. The fourth-order valence-corrected chi connectivity index (χ4v) is 5.58. The Balaban J connectivity index is 1.52. The number of methoxy groups -OCH3 is 1. The van der Waals surface area contributed by atoms with Gasteiger partial charge < -0.3 is 14.2 Å². The van der Waals surface area contributed by atoms with E-state index in [2.05, 4.69) is 15.1 Å². The molecule has 0 radical (unpaired) electrons. The predicted molar refractivity (Wildman–Crippen MR) is 148 cm³/mol. The van der Waals surface area contributed by atoms with Gasteiger partial charge in [-0.15, -0.1) is 0 Å². The molecule has 0 unspecified atom stereocenters. The quantitative estimate of drug-likeness (QED) is 0.267. The van der Waals surface area contributed by atoms with E-state index in [1.54, 1.807) is 59.8 Å². The van der Waals surface area contributed by atoms with Gasteiger partial charge in [0.25, 0.3) is 5.91 Å². The van der Waals surface area contributed by atoms with E-state index in [4.69, 9.17) is 4.74 Å². The molecular formula is C30H27F3N6O2. The number of alkyl halides is 3. The highest BCUT2D eigenvalue weighted by atomic mass is 19.4. The molecule has 4 heterocycles. The van der Waals surface area contributed by atoms with E-state index in [1.807, 2.05) is 19.1 Å². The lowest BCUT2D eigenvalue weighted by Crippen LogP contribution is -2.38. The Morgan fingerprint density at radius 1 is 1.00 bits per heavy atom. The highest BCUT2D eigenvalue weighted by Gasteiger charge is 2.39. The zero-order valence-corrected chi connectivity index (χ0v) is 22.7. The summed E-state index contributed by atoms with van der Waals surface area (Å²) >= 11 is 0. The largest absolute Gasteiger partial charge is 0.496 e. The highest BCUT2D eigenvalue weighted by Crippen LogP contribution is 2.41. The van der Waals surface area contributed by atoms with E-state index < -0.39 is 11.9 Å². The Bertz CT molecular complexity index is 1780. The van der Waals surface area contributed by atoms with Crippen molar-refractivity contribution in [3.8, 4) is 16.9 Å². The SMILES string of the molecule is CCc1cc(OC)c2cncc(N3CCc4c(cc(Cn5ccnc5)cc4-c4cn(C)nc4C(F)(F)F)C3=O)c2c1. The third-order valence-electron chi connectivity index (χ3n) is 7.48. The summed E-state index contributed by atoms with van der Waals surface area (Å²) in [5, 5.41) is 5.33. The van der Waals surface area contributed by atoms with Gasteiger partial charge in [-0.25, -0.2) is 4.98 Å². The van der Waals surface area contributed by atoms with Crippen LogP contribution in [0.5, 0.6) is 5.75 Å². The first-order valence-corrected chi connectivity index (χ1v) is 13.2. The van der Waals surface area contributed by atoms with Crippen molar-refractivity contribution in [2.75, 3.05) is 18.6 Å². The maximum absolute atomic E-state index is 14.2. The lowest BCUT2D eigenvalue weighted by Gasteiger charge is -2.31. The van der Waals surface area contributed by atoms with Gasteiger partial charge in [0.2, 0.25) is 0 Å². The van der Waals surface area contributed by atoms with Crippen LogP contribution in [0.1, 0.15) is 39.7 Å². The summed E-state index contributed by atoms with van der Waals surface area (Å²) in [5.74, 6) is 0.368. The lowest BCUT2D eigenvalue weighted by molar-refractivity contribution is -0.140. The van der Waals surface area contributed by atoms with Crippen molar-refractivity contribution in [3.05, 3.63) is 89.5 Å². The number of anilines is 1. The van der Waals surface area contributed by atoms with Gasteiger partial charge in [-0.05, 0) is 59.4 Å². The van der Waals surface area contributed by atoms with Gasteiger partial charge in [-0.1, -0.05) is 6.92 Å². The first-order chi connectivity index (χ1) is 19.7. The van der Waals surface area contributed by atoms with Crippen molar-refractivity contribution in [2.24, 2.45) is 7.05 Å². The Hall–Kier alpha value is -4.67. The number of hydrogen-bond acceptors (Lipinski definition) is 5. The van der Waals surface area contributed by atoms with E-state index in [0.29, 0.717) is 46.7 Å². The number of ether oxygens (including phenoxy) is 1. The Labute approximate surface area is 234 Å². The summed E-state index contributed by atoms with van der Waals surface area (Å²) in [7, 11) is 3.06. The number of amides is 1. The molecule has 6 rings (SSSR count). The van der Waals surface area contributed by atoms with Gasteiger partial charge in [0, 0.05) is 66.8 Å². The van der Waals surface area contributed by atoms with Crippen molar-refractivity contribution >= 4 is 22.4 Å². The van der Waals surface area contributed by atoms with Crippen LogP contribution in [0.3, 0.4) is 0 Å². The van der Waals surface area contributed by atoms with Crippen LogP contribution in [-0.4, -0.2) is 43.9 Å². The van der Waals surface area contributed by atoms with Gasteiger partial charge in [-0.2, -0.15) is 18.3 Å². The van der Waals surface area contributed by atoms with Crippen LogP contribution < -0.4 is 9.64 Å². The van der Waals surface area contributed by atoms with E-state index in [0.717, 1.165) is 27.4 Å². The van der Waals surface area contributed by atoms with Crippen LogP contribution in [0.25, 0.3) is 21.9 Å². The van der Waals surface area contributed by atoms with Crippen LogP contribution in [0.2, 0.25) is 0 Å². The number of benzene rings is 2. The molecule has 0 aliphatic carbocycles. The Kier molecular flexibility index (Phi) is 6.51. The molecule has 1 aliphatic heterocycles. The van der Waals surface area contributed by atoms with Gasteiger partial charge in [0.15, 0.2) is 5.69 Å². The molecule has 0 saturated carbocycles. The first-order valence-electron chi connectivity index (χ1n) is 13.2. The molecule has 41 heavy (non-hydrogen) atoms. The number of nitrogens with zero attached hydrogens (tertiary/aromatic N) is 6. The molecule has 1 aliphatic rings. The zero-order chi connectivity index (χ0) is 28.9. The molecule has 2 aromatic carbocycles. The van der Waals surface area contributed by atoms with Crippen molar-refractivity contribution in [1.29, 1.82) is 0 Å². The van der Waals surface area contributed by atoms with Gasteiger partial charge in [0.1, 0.15) is 5.75 Å². The second kappa shape index (κ2) is 10.1. The number of rotatable bonds is 6. The molecule has 0 fully saturated rings. The Morgan fingerprint density at radius 3 is 2.51 bits per heavy atom. The topological polar surface area (TPSA) is 78.1 Å². The second-order valence-electron chi connectivity index (χ2n) is 10.1. The number of fused-ring (bicyclic) bond motifs is 2. The first kappa shape index (κ1) is 26.5. The van der Waals surface area contributed by atoms with Crippen LogP contribution >= 0.6 is 0 Å². The number of aryl methyl sites for hydroxylation is 2. The third kappa shape index (κ3) is 4.71. The molecular weight excluding hydrogens is 533 g/mol. The fraction of sp³-hybridized carbons (Fsp3) is 0.267. The minimum Gasteiger partial charge on any atom is -0.496 e. The molecule has 210 valence electrons. The highest BCUT2D eigenvalue weighted by molar-refractivity contribution is 6.13. The van der Waals surface area contributed by atoms with Gasteiger partial charge in [0.05, 0.1) is 25.3 Å². The molecule has 0 bridgehead atoms. The number of imidazole rings is 1. The summed E-state index contributed by atoms with van der Waals surface area (Å²) in [6.45, 7) is 2.66. The number of carbonyl (C=O) groups is 1. The number of carbonyl (C=O) groups excluding carboxylic acids is 1. The normalized spacial score (nSPS) is 13.6. The number of aromatic nitrogens is 5. The molecule has 11 heteroatoms. The van der Waals surface area contributed by atoms with E-state index >= 15 is 0 Å². The van der Waals surface area contributed by atoms with E-state index in [-0.39, 0.29) is 18.0 Å². The average Bonchev–Trinajstić information content (AvgIpc) is 3.62. The molecule has 8 nitrogen and oxygen atoms in total. The molecule has 0 spiro atoms. The summed E-state index contributed by atoms with van der Waals surface area (Å²) < 4.78 is 50.7. The van der Waals surface area contributed by atoms with E-state index in [1.165, 1.54) is 13.2 Å². The van der Waals surface area contributed by atoms with Crippen molar-refractivity contribution in [2.45, 2.75) is 32.5 Å². The maximum atomic E-state index is 14.2. The average molecular weight is 561 g/mol. The van der Waals surface area contributed by atoms with Crippen molar-refractivity contribution < 1.29 is 22.7 Å². The van der Waals surface area contributed by atoms with Crippen LogP contribution in [0, 0.1) is 0 Å². The summed E-state index contributed by atoms with van der Waals surface area (Å²) in [5.41, 5.74) is 2.62. The number of halogens is 3. The Morgan fingerprint density at radius 2 is 1.80 bits per heavy atom. The second-order valence-corrected chi connectivity index (χ2v) is 10.1. The van der Waals surface area contributed by atoms with Crippen molar-refractivity contribution in [3.63, 3.8) is 0 Å². The maximum Gasteiger partial charge on any atom is 0.435 e. The van der Waals surface area contributed by atoms with Crippen LogP contribution in [0.4, 0.5) is 18.9 Å². The molecule has 0 saturated heterocycles. The molecule has 3 aromatic heterocycles. The zero-order valence-electron chi connectivity index (χ0n) is 22.7. The standard InChI is InChI=1S/C30H27F3N6O2/c1-4-18-9-22-24(27(12-18)41-3)13-35-14-26(22)39-7-5-20-21(25-16-37(2)36-28(25)30(31,32)33)10-19(11-23(20)29(39)40)15-38-8-6-34-17-38/h6,8-14,16-17H,4-5,7,15H2,1-3H3. The van der Waals surface area contributed by atoms with Crippen LogP contribution in [-0.2, 0) is 32.6 Å². The molecule has 1 amide bonds. The predicted octanol–water partition coefficient (Wildman–Crippen LogP) is 5.67. The minimum absolute atomic E-state index is 0.0471. The monoisotopic (exact) mass is 560 g/mol.